The van der Waals surface area contributed by atoms with Crippen molar-refractivity contribution >= 4 is 15.9 Å². The first-order valence-corrected chi connectivity index (χ1v) is 4.46. The molecule has 1 heterocycles. The monoisotopic (exact) mass is 236 g/mol. The fraction of sp³-hybridized carbons (Fsp3) is 0.571. The van der Waals surface area contributed by atoms with Crippen LogP contribution in [0.4, 0.5) is 4.39 Å². The summed E-state index contributed by atoms with van der Waals surface area (Å²) in [7, 11) is 0. The number of aromatic nitrogens is 2. The van der Waals surface area contributed by atoms with E-state index in [9.17, 15) is 4.39 Å². The lowest BCUT2D eigenvalue weighted by Crippen LogP contribution is -2.09. The van der Waals surface area contributed by atoms with Gasteiger partial charge in [0.15, 0.2) is 0 Å². The average Bonchev–Trinajstić information content (AvgIpc) is 2.33. The molecule has 0 aromatic carbocycles. The highest BCUT2D eigenvalue weighted by Crippen LogP contribution is 2.16. The van der Waals surface area contributed by atoms with Crippen LogP contribution in [-0.4, -0.2) is 16.4 Å². The van der Waals surface area contributed by atoms with E-state index >= 15 is 0 Å². The second-order valence-electron chi connectivity index (χ2n) is 2.30. The zero-order valence-electron chi connectivity index (χ0n) is 6.92. The van der Waals surface area contributed by atoms with Gasteiger partial charge >= 0.3 is 0 Å². The molecule has 0 aliphatic heterocycles. The van der Waals surface area contributed by atoms with Crippen molar-refractivity contribution in [2.24, 2.45) is 0 Å². The lowest BCUT2D eigenvalue weighted by atomic mass is 10.6. The van der Waals surface area contributed by atoms with Gasteiger partial charge in [0.05, 0.1) is 4.47 Å². The maximum absolute atomic E-state index is 12.7. The van der Waals surface area contributed by atoms with E-state index in [0.717, 1.165) is 0 Å². The molecule has 1 rings (SSSR count). The lowest BCUT2D eigenvalue weighted by Gasteiger charge is -2.10. The Labute approximate surface area is 78.6 Å². The Morgan fingerprint density at radius 2 is 2.50 bits per heavy atom. The zero-order chi connectivity index (χ0) is 9.14. The van der Waals surface area contributed by atoms with Gasteiger partial charge in [-0.25, -0.2) is 4.68 Å². The molecule has 0 aliphatic rings. The van der Waals surface area contributed by atoms with Crippen LogP contribution in [0.25, 0.3) is 0 Å². The molecule has 0 saturated heterocycles. The Balaban J connectivity index is 2.74. The Kier molecular flexibility index (Phi) is 3.22. The molecule has 0 bridgehead atoms. The summed E-state index contributed by atoms with van der Waals surface area (Å²) in [6, 6.07) is 0. The van der Waals surface area contributed by atoms with Crippen LogP contribution in [0.3, 0.4) is 0 Å². The summed E-state index contributed by atoms with van der Waals surface area (Å²) in [5.41, 5.74) is 0. The first kappa shape index (κ1) is 9.67. The Hall–Kier alpha value is -0.420. The third-order valence-electron chi connectivity index (χ3n) is 1.43. The smallest absolute Gasteiger partial charge is 0.246 e. The molecule has 0 aliphatic carbocycles. The minimum Gasteiger partial charge on any atom is -0.357 e. The summed E-state index contributed by atoms with van der Waals surface area (Å²) in [5.74, 6) is -0.512. The summed E-state index contributed by atoms with van der Waals surface area (Å²) in [6.45, 7) is 4.27. The van der Waals surface area contributed by atoms with Gasteiger partial charge in [-0.3, -0.25) is 0 Å². The number of ether oxygens (including phenoxy) is 1. The van der Waals surface area contributed by atoms with Crippen molar-refractivity contribution in [3.63, 3.8) is 0 Å². The van der Waals surface area contributed by atoms with Crippen molar-refractivity contribution in [2.45, 2.75) is 20.1 Å². The zero-order valence-corrected chi connectivity index (χ0v) is 8.51. The normalized spacial score (nSPS) is 13.3. The molecular weight excluding hydrogens is 227 g/mol. The van der Waals surface area contributed by atoms with Crippen LogP contribution >= 0.6 is 15.9 Å². The molecule has 0 amide bonds. The van der Waals surface area contributed by atoms with Crippen LogP contribution in [0, 0.1) is 5.95 Å². The number of hydrogen-bond acceptors (Lipinski definition) is 2. The van der Waals surface area contributed by atoms with Crippen molar-refractivity contribution in [3.8, 4) is 0 Å². The van der Waals surface area contributed by atoms with E-state index in [1.807, 2.05) is 13.8 Å². The second kappa shape index (κ2) is 4.00. The van der Waals surface area contributed by atoms with E-state index in [0.29, 0.717) is 11.1 Å². The summed E-state index contributed by atoms with van der Waals surface area (Å²) in [4.78, 5) is 0. The van der Waals surface area contributed by atoms with Crippen molar-refractivity contribution in [3.05, 3.63) is 16.6 Å². The fourth-order valence-electron chi connectivity index (χ4n) is 0.851. The summed E-state index contributed by atoms with van der Waals surface area (Å²) < 4.78 is 19.7. The van der Waals surface area contributed by atoms with Crippen LogP contribution in [-0.2, 0) is 4.74 Å². The van der Waals surface area contributed by atoms with Gasteiger partial charge in [0.1, 0.15) is 6.23 Å². The maximum Gasteiger partial charge on any atom is 0.246 e. The third kappa shape index (κ3) is 2.04. The lowest BCUT2D eigenvalue weighted by molar-refractivity contribution is 0.0149. The van der Waals surface area contributed by atoms with Gasteiger partial charge in [-0.2, -0.15) is 4.39 Å². The van der Waals surface area contributed by atoms with Crippen LogP contribution in [0.2, 0.25) is 0 Å². The fourth-order valence-corrected chi connectivity index (χ4v) is 1.14. The van der Waals surface area contributed by atoms with Crippen molar-refractivity contribution in [1.82, 2.24) is 9.78 Å². The topological polar surface area (TPSA) is 27.1 Å². The average molecular weight is 237 g/mol. The van der Waals surface area contributed by atoms with Gasteiger partial charge in [0, 0.05) is 12.8 Å². The Morgan fingerprint density at radius 3 is 2.92 bits per heavy atom. The van der Waals surface area contributed by atoms with E-state index in [-0.39, 0.29) is 6.23 Å². The summed E-state index contributed by atoms with van der Waals surface area (Å²) in [5, 5.41) is 3.61. The van der Waals surface area contributed by atoms with Gasteiger partial charge in [0.25, 0.3) is 0 Å². The summed E-state index contributed by atoms with van der Waals surface area (Å²) >= 11 is 3.02. The number of nitrogens with zero attached hydrogens (tertiary/aromatic N) is 2. The highest BCUT2D eigenvalue weighted by Gasteiger charge is 2.09. The van der Waals surface area contributed by atoms with Crippen molar-refractivity contribution < 1.29 is 9.13 Å². The minimum absolute atomic E-state index is 0.226. The molecular formula is C7H10BrFN2O. The Bertz CT molecular complexity index is 244. The molecule has 3 nitrogen and oxygen atoms in total. The molecule has 0 saturated carbocycles. The maximum atomic E-state index is 12.7. The minimum atomic E-state index is -0.512. The molecule has 1 aromatic heterocycles. The molecule has 1 atom stereocenters. The van der Waals surface area contributed by atoms with Crippen LogP contribution in [0.1, 0.15) is 20.1 Å². The SMILES string of the molecule is CCOC(C)n1cc(Br)c(F)n1. The van der Waals surface area contributed by atoms with Crippen molar-refractivity contribution in [1.29, 1.82) is 0 Å². The Morgan fingerprint density at radius 1 is 1.83 bits per heavy atom. The van der Waals surface area contributed by atoms with Crippen LogP contribution in [0.5, 0.6) is 0 Å². The largest absolute Gasteiger partial charge is 0.357 e. The highest BCUT2D eigenvalue weighted by atomic mass is 79.9. The van der Waals surface area contributed by atoms with E-state index in [2.05, 4.69) is 21.0 Å². The van der Waals surface area contributed by atoms with Gasteiger partial charge in [-0.05, 0) is 29.8 Å². The summed E-state index contributed by atoms with van der Waals surface area (Å²) in [6.07, 6.45) is 1.33. The third-order valence-corrected chi connectivity index (χ3v) is 1.96. The molecule has 1 aromatic rings. The molecule has 1 unspecified atom stereocenters. The predicted molar refractivity (Wildman–Crippen MR) is 46.2 cm³/mol. The molecule has 68 valence electrons. The number of halogens is 2. The molecule has 0 N–H and O–H groups in total. The van der Waals surface area contributed by atoms with E-state index in [4.69, 9.17) is 4.74 Å². The van der Waals surface area contributed by atoms with E-state index in [1.54, 1.807) is 6.20 Å². The number of rotatable bonds is 3. The first-order valence-electron chi connectivity index (χ1n) is 3.67. The molecule has 12 heavy (non-hydrogen) atoms. The molecule has 5 heteroatoms. The second-order valence-corrected chi connectivity index (χ2v) is 3.16. The predicted octanol–water partition coefficient (Wildman–Crippen LogP) is 2.34. The first-order chi connectivity index (χ1) is 5.65. The van der Waals surface area contributed by atoms with E-state index < -0.39 is 5.95 Å². The molecule has 0 spiro atoms. The standard InChI is InChI=1S/C7H10BrFN2O/c1-3-12-5(2)11-4-6(8)7(9)10-11/h4-5H,3H2,1-2H3. The highest BCUT2D eigenvalue weighted by molar-refractivity contribution is 9.10. The number of hydrogen-bond donors (Lipinski definition) is 0. The van der Waals surface area contributed by atoms with Gasteiger partial charge in [0.2, 0.25) is 5.95 Å². The van der Waals surface area contributed by atoms with Gasteiger partial charge < -0.3 is 4.74 Å². The quantitative estimate of drug-likeness (QED) is 0.806. The van der Waals surface area contributed by atoms with Gasteiger partial charge in [-0.1, -0.05) is 0 Å². The van der Waals surface area contributed by atoms with Gasteiger partial charge in [-0.15, -0.1) is 5.10 Å². The molecule has 0 radical (unpaired) electrons. The van der Waals surface area contributed by atoms with Crippen LogP contribution in [0.15, 0.2) is 10.7 Å². The molecule has 0 fully saturated rings. The van der Waals surface area contributed by atoms with E-state index in [1.165, 1.54) is 4.68 Å². The van der Waals surface area contributed by atoms with Crippen molar-refractivity contribution in [2.75, 3.05) is 6.61 Å². The van der Waals surface area contributed by atoms with Crippen LogP contribution < -0.4 is 0 Å².